The molecule has 168 valence electrons. The Morgan fingerprint density at radius 3 is 2.73 bits per heavy atom. The summed E-state index contributed by atoms with van der Waals surface area (Å²) >= 11 is 1.54. The van der Waals surface area contributed by atoms with Gasteiger partial charge in [-0.25, -0.2) is 4.98 Å². The fourth-order valence-corrected chi connectivity index (χ4v) is 5.21. The number of carbonyl (C=O) groups excluding carboxylic acids is 2. The number of thiazole rings is 1. The maximum Gasteiger partial charge on any atom is 0.274 e. The van der Waals surface area contributed by atoms with Gasteiger partial charge in [0.1, 0.15) is 17.0 Å². The maximum atomic E-state index is 13.4. The number of hydrogen-bond acceptors (Lipinski definition) is 5. The highest BCUT2D eigenvalue weighted by Gasteiger charge is 2.35. The summed E-state index contributed by atoms with van der Waals surface area (Å²) < 4.78 is 5.63. The number of nitrogens with zero attached hydrogens (tertiary/aromatic N) is 2. The van der Waals surface area contributed by atoms with E-state index in [0.717, 1.165) is 38.6 Å². The van der Waals surface area contributed by atoms with Gasteiger partial charge in [-0.2, -0.15) is 0 Å². The molecule has 0 aliphatic carbocycles. The second kappa shape index (κ2) is 8.48. The molecule has 1 N–H and O–H groups in total. The van der Waals surface area contributed by atoms with E-state index in [1.807, 2.05) is 62.1 Å². The summed E-state index contributed by atoms with van der Waals surface area (Å²) in [6.45, 7) is 6.90. The predicted octanol–water partition coefficient (Wildman–Crippen LogP) is 5.13. The molecule has 2 aromatic heterocycles. The van der Waals surface area contributed by atoms with Gasteiger partial charge in [0.05, 0.1) is 21.5 Å². The van der Waals surface area contributed by atoms with Crippen LogP contribution in [0.3, 0.4) is 0 Å². The van der Waals surface area contributed by atoms with Gasteiger partial charge in [-0.05, 0) is 51.0 Å². The van der Waals surface area contributed by atoms with E-state index in [0.29, 0.717) is 29.9 Å². The molecule has 1 saturated heterocycles. The zero-order valence-electron chi connectivity index (χ0n) is 18.8. The van der Waals surface area contributed by atoms with E-state index in [-0.39, 0.29) is 17.9 Å². The van der Waals surface area contributed by atoms with Crippen LogP contribution in [0.15, 0.2) is 52.9 Å². The topological polar surface area (TPSA) is 75.4 Å². The van der Waals surface area contributed by atoms with Crippen molar-refractivity contribution in [3.05, 3.63) is 76.1 Å². The molecular formula is C26H25N3O3S. The van der Waals surface area contributed by atoms with Crippen LogP contribution in [-0.2, 0) is 0 Å². The van der Waals surface area contributed by atoms with Crippen molar-refractivity contribution in [2.24, 2.45) is 0 Å². The van der Waals surface area contributed by atoms with Gasteiger partial charge < -0.3 is 14.6 Å². The van der Waals surface area contributed by atoms with Crippen molar-refractivity contribution in [1.82, 2.24) is 15.2 Å². The molecule has 3 heterocycles. The van der Waals surface area contributed by atoms with E-state index in [4.69, 9.17) is 4.42 Å². The van der Waals surface area contributed by atoms with Crippen molar-refractivity contribution in [3.63, 3.8) is 0 Å². The van der Waals surface area contributed by atoms with E-state index in [1.165, 1.54) is 11.3 Å². The number of amides is 2. The van der Waals surface area contributed by atoms with Gasteiger partial charge in [-0.3, -0.25) is 9.59 Å². The van der Waals surface area contributed by atoms with Crippen LogP contribution in [0.1, 0.15) is 43.6 Å². The number of aryl methyl sites for hydroxylation is 3. The van der Waals surface area contributed by atoms with Crippen LogP contribution in [0.5, 0.6) is 0 Å². The molecule has 0 saturated carbocycles. The molecule has 1 fully saturated rings. The van der Waals surface area contributed by atoms with Crippen LogP contribution in [-0.4, -0.2) is 40.8 Å². The minimum Gasteiger partial charge on any atom is -0.461 e. The molecule has 7 heteroatoms. The van der Waals surface area contributed by atoms with Gasteiger partial charge in [-0.1, -0.05) is 35.9 Å². The van der Waals surface area contributed by atoms with Gasteiger partial charge in [0, 0.05) is 18.5 Å². The summed E-state index contributed by atoms with van der Waals surface area (Å²) in [7, 11) is 0. The number of benzene rings is 2. The Bertz CT molecular complexity index is 1370. The van der Waals surface area contributed by atoms with E-state index in [2.05, 4.69) is 16.4 Å². The molecule has 1 aliphatic rings. The molecule has 1 atom stereocenters. The fraction of sp³-hybridized carbons (Fsp3) is 0.269. The van der Waals surface area contributed by atoms with Crippen LogP contribution >= 0.6 is 11.3 Å². The number of carbonyl (C=O) groups is 2. The Morgan fingerprint density at radius 1 is 1.15 bits per heavy atom. The van der Waals surface area contributed by atoms with E-state index < -0.39 is 0 Å². The Labute approximate surface area is 196 Å². The molecule has 5 rings (SSSR count). The normalized spacial score (nSPS) is 15.5. The summed E-state index contributed by atoms with van der Waals surface area (Å²) in [6.07, 6.45) is 0.851. The summed E-state index contributed by atoms with van der Waals surface area (Å²) in [5.74, 6) is 0.531. The van der Waals surface area contributed by atoms with Crippen LogP contribution in [0.4, 0.5) is 0 Å². The Hall–Kier alpha value is -3.45. The lowest BCUT2D eigenvalue weighted by atomic mass is 10.0. The lowest BCUT2D eigenvalue weighted by Crippen LogP contribution is -2.56. The number of nitrogens with one attached hydrogen (secondary N) is 1. The van der Waals surface area contributed by atoms with Gasteiger partial charge in [-0.15, -0.1) is 11.3 Å². The van der Waals surface area contributed by atoms with Crippen molar-refractivity contribution in [2.75, 3.05) is 13.1 Å². The summed E-state index contributed by atoms with van der Waals surface area (Å²) in [5, 5.41) is 4.67. The van der Waals surface area contributed by atoms with Crippen LogP contribution in [0, 0.1) is 20.8 Å². The fourth-order valence-electron chi connectivity index (χ4n) is 4.30. The maximum absolute atomic E-state index is 13.4. The highest BCUT2D eigenvalue weighted by Crippen LogP contribution is 2.33. The van der Waals surface area contributed by atoms with Crippen molar-refractivity contribution < 1.29 is 14.0 Å². The van der Waals surface area contributed by atoms with Crippen LogP contribution in [0.2, 0.25) is 0 Å². The first-order valence-corrected chi connectivity index (χ1v) is 11.8. The number of furan rings is 1. The van der Waals surface area contributed by atoms with Crippen molar-refractivity contribution in [3.8, 4) is 10.4 Å². The second-order valence-electron chi connectivity index (χ2n) is 8.51. The minimum atomic E-state index is -0.161. The lowest BCUT2D eigenvalue weighted by molar-refractivity contribution is 0.0451. The van der Waals surface area contributed by atoms with Gasteiger partial charge >= 0.3 is 0 Å². The van der Waals surface area contributed by atoms with Gasteiger partial charge in [0.15, 0.2) is 0 Å². The predicted molar refractivity (Wildman–Crippen MR) is 130 cm³/mol. The van der Waals surface area contributed by atoms with Crippen LogP contribution in [0.25, 0.3) is 21.4 Å². The number of hydrogen-bond donors (Lipinski definition) is 1. The smallest absolute Gasteiger partial charge is 0.274 e. The molecule has 2 aromatic carbocycles. The molecule has 2 amide bonds. The first-order chi connectivity index (χ1) is 15.9. The third kappa shape index (κ3) is 4.04. The van der Waals surface area contributed by atoms with Crippen molar-refractivity contribution >= 4 is 34.1 Å². The number of rotatable bonds is 5. The van der Waals surface area contributed by atoms with Crippen molar-refractivity contribution in [1.29, 1.82) is 0 Å². The summed E-state index contributed by atoms with van der Waals surface area (Å²) in [5.41, 5.74) is 3.93. The monoisotopic (exact) mass is 459 g/mol. The highest BCUT2D eigenvalue weighted by molar-refractivity contribution is 7.15. The molecule has 0 spiro atoms. The Morgan fingerprint density at radius 2 is 1.97 bits per heavy atom. The van der Waals surface area contributed by atoms with Crippen LogP contribution < -0.4 is 5.32 Å². The molecule has 4 aromatic rings. The molecular weight excluding hydrogens is 434 g/mol. The molecule has 1 unspecified atom stereocenters. The highest BCUT2D eigenvalue weighted by atomic mass is 32.1. The number of likely N-dealkylation sites (tertiary alicyclic amines) is 1. The van der Waals surface area contributed by atoms with Gasteiger partial charge in [0.25, 0.3) is 11.8 Å². The third-order valence-corrected chi connectivity index (χ3v) is 7.07. The molecule has 0 bridgehead atoms. The summed E-state index contributed by atoms with van der Waals surface area (Å²) in [6, 6.07) is 15.4. The Balaban J connectivity index is 1.30. The number of fused-ring (bicyclic) bond motifs is 1. The van der Waals surface area contributed by atoms with E-state index in [1.54, 1.807) is 6.07 Å². The number of aromatic nitrogens is 1. The lowest BCUT2D eigenvalue weighted by Gasteiger charge is -2.40. The van der Waals surface area contributed by atoms with Crippen molar-refractivity contribution in [2.45, 2.75) is 33.2 Å². The average molecular weight is 460 g/mol. The SMILES string of the molecule is Cc1cccc(-c2sc(C)nc2C(=O)N2CCC2CNC(=O)c2cccc3oc(C)cc23)c1. The average Bonchev–Trinajstić information content (AvgIpc) is 3.34. The van der Waals surface area contributed by atoms with E-state index >= 15 is 0 Å². The zero-order valence-corrected chi connectivity index (χ0v) is 19.7. The summed E-state index contributed by atoms with van der Waals surface area (Å²) in [4.78, 5) is 33.5. The zero-order chi connectivity index (χ0) is 23.1. The first-order valence-electron chi connectivity index (χ1n) is 11.0. The molecule has 0 radical (unpaired) electrons. The second-order valence-corrected chi connectivity index (χ2v) is 9.71. The quantitative estimate of drug-likeness (QED) is 0.449. The van der Waals surface area contributed by atoms with Gasteiger partial charge in [0.2, 0.25) is 0 Å². The van der Waals surface area contributed by atoms with E-state index in [9.17, 15) is 9.59 Å². The molecule has 1 aliphatic heterocycles. The standard InChI is InChI=1S/C26H25N3O3S/c1-15-6-4-7-18(12-15)24-23(28-17(3)33-24)26(31)29-11-10-19(29)14-27-25(30)20-8-5-9-22-21(20)13-16(2)32-22/h4-9,12-13,19H,10-11,14H2,1-3H3,(H,27,30). The molecule has 33 heavy (non-hydrogen) atoms. The third-order valence-electron chi connectivity index (χ3n) is 6.05. The Kier molecular flexibility index (Phi) is 5.50. The largest absolute Gasteiger partial charge is 0.461 e. The minimum absolute atomic E-state index is 0.0425. The molecule has 6 nitrogen and oxygen atoms in total. The first kappa shape index (κ1) is 21.4.